The van der Waals surface area contributed by atoms with Gasteiger partial charge in [0, 0.05) is 18.9 Å². The molecule has 1 amide bonds. The Hall–Kier alpha value is -1.39. The van der Waals surface area contributed by atoms with Crippen LogP contribution < -0.4 is 4.90 Å². The van der Waals surface area contributed by atoms with Gasteiger partial charge in [0.2, 0.25) is 11.9 Å². The monoisotopic (exact) mass is 288 g/mol. The maximum absolute atomic E-state index is 12.2. The van der Waals surface area contributed by atoms with E-state index in [2.05, 4.69) is 14.8 Å². The van der Waals surface area contributed by atoms with Crippen LogP contribution >= 0.6 is 0 Å². The maximum Gasteiger partial charge on any atom is 0.231 e. The zero-order valence-corrected chi connectivity index (χ0v) is 12.8. The second-order valence-electron chi connectivity index (χ2n) is 6.98. The lowest BCUT2D eigenvalue weighted by atomic mass is 9.64. The third-order valence-corrected chi connectivity index (χ3v) is 5.98. The average Bonchev–Trinajstić information content (AvgIpc) is 2.98. The van der Waals surface area contributed by atoms with E-state index in [1.54, 1.807) is 13.3 Å². The number of hydrogen-bond donors (Lipinski definition) is 0. The van der Waals surface area contributed by atoms with Crippen molar-refractivity contribution in [3.63, 3.8) is 0 Å². The van der Waals surface area contributed by atoms with Crippen molar-refractivity contribution in [3.8, 4) is 0 Å². The van der Waals surface area contributed by atoms with Crippen LogP contribution in [0.15, 0.2) is 6.33 Å². The lowest BCUT2D eigenvalue weighted by Crippen LogP contribution is -2.61. The molecule has 2 saturated carbocycles. The molecule has 114 valence electrons. The molecule has 5 nitrogen and oxygen atoms in total. The van der Waals surface area contributed by atoms with E-state index < -0.39 is 0 Å². The molecule has 1 aromatic heterocycles. The van der Waals surface area contributed by atoms with Gasteiger partial charge in [-0.15, -0.1) is 0 Å². The van der Waals surface area contributed by atoms with Crippen LogP contribution in [-0.2, 0) is 10.3 Å². The van der Waals surface area contributed by atoms with E-state index in [9.17, 15) is 4.79 Å². The summed E-state index contributed by atoms with van der Waals surface area (Å²) >= 11 is 0. The summed E-state index contributed by atoms with van der Waals surface area (Å²) in [6.45, 7) is 1.67. The number of aromatic nitrogens is 3. The van der Waals surface area contributed by atoms with E-state index in [1.165, 1.54) is 51.4 Å². The Morgan fingerprint density at radius 3 is 2.71 bits per heavy atom. The second kappa shape index (κ2) is 4.82. The van der Waals surface area contributed by atoms with Gasteiger partial charge in [0.05, 0.1) is 5.54 Å². The van der Waals surface area contributed by atoms with Crippen LogP contribution in [0.4, 0.5) is 5.95 Å². The number of carbonyl (C=O) groups is 1. The van der Waals surface area contributed by atoms with E-state index in [-0.39, 0.29) is 11.4 Å². The molecule has 0 N–H and O–H groups in total. The van der Waals surface area contributed by atoms with Crippen LogP contribution in [0.25, 0.3) is 0 Å². The zero-order chi connectivity index (χ0) is 14.4. The van der Waals surface area contributed by atoms with Crippen LogP contribution in [0.2, 0.25) is 0 Å². The van der Waals surface area contributed by atoms with E-state index in [0.29, 0.717) is 12.0 Å². The topological polar surface area (TPSA) is 51.0 Å². The standard InChI is InChI=1S/C16H24N4O/c1-12(21)19-14-8-4-3-7-13(14)16(9-5-2-6-10-16)20-15(19)17-11-18-20/h11,13-14H,2-10H2,1H3. The van der Waals surface area contributed by atoms with Crippen molar-refractivity contribution in [2.24, 2.45) is 5.92 Å². The molecule has 2 unspecified atom stereocenters. The fourth-order valence-electron chi connectivity index (χ4n) is 5.19. The molecule has 0 radical (unpaired) electrons. The van der Waals surface area contributed by atoms with Gasteiger partial charge in [-0.05, 0) is 25.7 Å². The Balaban J connectivity index is 1.87. The lowest BCUT2D eigenvalue weighted by Gasteiger charge is -2.55. The van der Waals surface area contributed by atoms with Gasteiger partial charge in [0.1, 0.15) is 6.33 Å². The smallest absolute Gasteiger partial charge is 0.231 e. The first-order valence-electron chi connectivity index (χ1n) is 8.44. The normalized spacial score (nSPS) is 30.8. The number of anilines is 1. The minimum absolute atomic E-state index is 0.117. The van der Waals surface area contributed by atoms with Gasteiger partial charge in [0.25, 0.3) is 0 Å². The van der Waals surface area contributed by atoms with Crippen LogP contribution in [-0.4, -0.2) is 26.7 Å². The molecule has 3 aliphatic rings. The minimum atomic E-state index is 0.117. The largest absolute Gasteiger partial charge is 0.278 e. The number of nitrogens with zero attached hydrogens (tertiary/aromatic N) is 4. The van der Waals surface area contributed by atoms with Crippen molar-refractivity contribution in [1.82, 2.24) is 14.8 Å². The first-order valence-corrected chi connectivity index (χ1v) is 8.44. The van der Waals surface area contributed by atoms with Crippen molar-refractivity contribution in [2.45, 2.75) is 76.3 Å². The number of rotatable bonds is 0. The van der Waals surface area contributed by atoms with E-state index >= 15 is 0 Å². The van der Waals surface area contributed by atoms with E-state index in [0.717, 1.165) is 12.4 Å². The summed E-state index contributed by atoms with van der Waals surface area (Å²) in [6, 6.07) is 0.339. The molecule has 1 spiro atoms. The maximum atomic E-state index is 12.2. The van der Waals surface area contributed by atoms with Crippen LogP contribution in [0, 0.1) is 5.92 Å². The van der Waals surface area contributed by atoms with Gasteiger partial charge in [-0.2, -0.15) is 10.1 Å². The molecular formula is C16H24N4O. The average molecular weight is 288 g/mol. The molecule has 0 bridgehead atoms. The molecule has 2 aliphatic carbocycles. The first kappa shape index (κ1) is 13.3. The van der Waals surface area contributed by atoms with Crippen molar-refractivity contribution in [2.75, 3.05) is 4.90 Å². The highest BCUT2D eigenvalue weighted by Crippen LogP contribution is 2.52. The second-order valence-corrected chi connectivity index (χ2v) is 6.98. The third kappa shape index (κ3) is 1.79. The summed E-state index contributed by atoms with van der Waals surface area (Å²) in [4.78, 5) is 18.6. The molecule has 5 heteroatoms. The fraction of sp³-hybridized carbons (Fsp3) is 0.812. The van der Waals surface area contributed by atoms with Gasteiger partial charge in [0.15, 0.2) is 0 Å². The molecule has 2 heterocycles. The summed E-state index contributed by atoms with van der Waals surface area (Å²) < 4.78 is 2.13. The SMILES string of the molecule is CC(=O)N1c2ncnn2C2(CCCCC2)C2CCCCC21. The Morgan fingerprint density at radius 2 is 1.95 bits per heavy atom. The molecule has 0 saturated heterocycles. The Morgan fingerprint density at radius 1 is 1.19 bits per heavy atom. The molecular weight excluding hydrogens is 264 g/mol. The third-order valence-electron chi connectivity index (χ3n) is 5.98. The van der Waals surface area contributed by atoms with Gasteiger partial charge < -0.3 is 0 Å². The Labute approximate surface area is 125 Å². The molecule has 21 heavy (non-hydrogen) atoms. The molecule has 2 atom stereocenters. The van der Waals surface area contributed by atoms with E-state index in [1.807, 2.05) is 4.90 Å². The Bertz CT molecular complexity index is 546. The molecule has 4 rings (SSSR count). The number of fused-ring (bicyclic) bond motifs is 4. The minimum Gasteiger partial charge on any atom is -0.278 e. The summed E-state index contributed by atoms with van der Waals surface area (Å²) in [6.07, 6.45) is 12.8. The lowest BCUT2D eigenvalue weighted by molar-refractivity contribution is -0.118. The number of carbonyl (C=O) groups excluding carboxylic acids is 1. The highest BCUT2D eigenvalue weighted by atomic mass is 16.2. The summed E-state index contributed by atoms with van der Waals surface area (Å²) in [5, 5.41) is 4.57. The molecule has 0 aromatic carbocycles. The fourth-order valence-corrected chi connectivity index (χ4v) is 5.19. The van der Waals surface area contributed by atoms with Gasteiger partial charge >= 0.3 is 0 Å². The quantitative estimate of drug-likeness (QED) is 0.737. The van der Waals surface area contributed by atoms with Crippen LogP contribution in [0.3, 0.4) is 0 Å². The molecule has 1 aromatic rings. The van der Waals surface area contributed by atoms with Gasteiger partial charge in [-0.1, -0.05) is 32.1 Å². The van der Waals surface area contributed by atoms with Crippen LogP contribution in [0.1, 0.15) is 64.7 Å². The predicted octanol–water partition coefficient (Wildman–Crippen LogP) is 2.86. The summed E-state index contributed by atoms with van der Waals surface area (Å²) in [7, 11) is 0. The highest BCUT2D eigenvalue weighted by Gasteiger charge is 2.54. The predicted molar refractivity (Wildman–Crippen MR) is 80.0 cm³/mol. The van der Waals surface area contributed by atoms with Crippen molar-refractivity contribution < 1.29 is 4.79 Å². The molecule has 1 aliphatic heterocycles. The highest BCUT2D eigenvalue weighted by molar-refractivity contribution is 5.90. The summed E-state index contributed by atoms with van der Waals surface area (Å²) in [5.41, 5.74) is 0.126. The first-order chi connectivity index (χ1) is 10.2. The Kier molecular flexibility index (Phi) is 3.05. The van der Waals surface area contributed by atoms with Crippen molar-refractivity contribution in [1.29, 1.82) is 0 Å². The zero-order valence-electron chi connectivity index (χ0n) is 12.8. The van der Waals surface area contributed by atoms with E-state index in [4.69, 9.17) is 0 Å². The van der Waals surface area contributed by atoms with Crippen molar-refractivity contribution in [3.05, 3.63) is 6.33 Å². The van der Waals surface area contributed by atoms with Crippen molar-refractivity contribution >= 4 is 11.9 Å². The number of amides is 1. The summed E-state index contributed by atoms with van der Waals surface area (Å²) in [5.74, 6) is 1.48. The number of hydrogen-bond acceptors (Lipinski definition) is 3. The molecule has 2 fully saturated rings. The van der Waals surface area contributed by atoms with Gasteiger partial charge in [-0.3, -0.25) is 9.69 Å². The van der Waals surface area contributed by atoms with Crippen LogP contribution in [0.5, 0.6) is 0 Å². The van der Waals surface area contributed by atoms with Gasteiger partial charge in [-0.25, -0.2) is 4.68 Å².